The highest BCUT2D eigenvalue weighted by molar-refractivity contribution is 7.17. The molecule has 0 radical (unpaired) electrons. The molecule has 0 unspecified atom stereocenters. The van der Waals surface area contributed by atoms with Crippen molar-refractivity contribution in [3.63, 3.8) is 0 Å². The molecule has 0 saturated heterocycles. The molecule has 0 amide bonds. The van der Waals surface area contributed by atoms with Crippen LogP contribution in [0.5, 0.6) is 0 Å². The number of rotatable bonds is 3. The average Bonchev–Trinajstić information content (AvgIpc) is 2.67. The smallest absolute Gasteiger partial charge is 0.309 e. The van der Waals surface area contributed by atoms with Crippen molar-refractivity contribution in [2.24, 2.45) is 5.92 Å². The number of carbonyl (C=O) groups excluding carboxylic acids is 1. The molecule has 1 aromatic carbocycles. The van der Waals surface area contributed by atoms with Crippen LogP contribution in [0.15, 0.2) is 29.6 Å². The Bertz CT molecular complexity index is 540. The fraction of sp³-hybridized carbons (Fsp3) is 0.357. The summed E-state index contributed by atoms with van der Waals surface area (Å²) in [4.78, 5) is 11.6. The number of ether oxygens (including phenoxy) is 1. The minimum atomic E-state index is -0.0217. The van der Waals surface area contributed by atoms with Crippen LogP contribution < -0.4 is 0 Å². The maximum atomic E-state index is 11.6. The first kappa shape index (κ1) is 10.8. The van der Waals surface area contributed by atoms with Crippen LogP contribution in [0.2, 0.25) is 0 Å². The normalized spacial score (nSPS) is 15.8. The van der Waals surface area contributed by atoms with Gasteiger partial charge in [-0.15, -0.1) is 11.3 Å². The largest absolute Gasteiger partial charge is 0.461 e. The fourth-order valence-electron chi connectivity index (χ4n) is 2.06. The van der Waals surface area contributed by atoms with Crippen LogP contribution in [-0.2, 0) is 16.1 Å². The van der Waals surface area contributed by atoms with Crippen molar-refractivity contribution in [1.29, 1.82) is 0 Å². The van der Waals surface area contributed by atoms with Crippen LogP contribution in [0.1, 0.15) is 24.8 Å². The molecule has 0 spiro atoms. The van der Waals surface area contributed by atoms with Gasteiger partial charge in [0.05, 0.1) is 5.92 Å². The molecule has 1 saturated carbocycles. The highest BCUT2D eigenvalue weighted by Gasteiger charge is 2.26. The van der Waals surface area contributed by atoms with Crippen LogP contribution in [0.3, 0.4) is 0 Å². The van der Waals surface area contributed by atoms with Crippen molar-refractivity contribution in [2.45, 2.75) is 25.9 Å². The summed E-state index contributed by atoms with van der Waals surface area (Å²) in [5.41, 5.74) is 1.12. The molecule has 1 aliphatic carbocycles. The number of benzene rings is 1. The van der Waals surface area contributed by atoms with Crippen LogP contribution in [-0.4, -0.2) is 5.97 Å². The molecule has 3 rings (SSSR count). The third-order valence-corrected chi connectivity index (χ3v) is 4.38. The Morgan fingerprint density at radius 2 is 2.18 bits per heavy atom. The lowest BCUT2D eigenvalue weighted by Gasteiger charge is -2.22. The Morgan fingerprint density at radius 3 is 2.94 bits per heavy atom. The molecule has 1 aliphatic rings. The molecule has 2 nitrogen and oxygen atoms in total. The van der Waals surface area contributed by atoms with Gasteiger partial charge in [0, 0.05) is 10.3 Å². The number of esters is 1. The molecular weight excluding hydrogens is 232 g/mol. The zero-order valence-corrected chi connectivity index (χ0v) is 10.3. The lowest BCUT2D eigenvalue weighted by atomic mass is 9.86. The van der Waals surface area contributed by atoms with E-state index in [2.05, 4.69) is 17.5 Å². The minimum absolute atomic E-state index is 0.0217. The van der Waals surface area contributed by atoms with Crippen molar-refractivity contribution >= 4 is 27.4 Å². The van der Waals surface area contributed by atoms with E-state index >= 15 is 0 Å². The van der Waals surface area contributed by atoms with E-state index in [-0.39, 0.29) is 11.9 Å². The van der Waals surface area contributed by atoms with Gasteiger partial charge in [-0.25, -0.2) is 0 Å². The summed E-state index contributed by atoms with van der Waals surface area (Å²) in [5.74, 6) is 0.145. The van der Waals surface area contributed by atoms with Gasteiger partial charge in [0.2, 0.25) is 0 Å². The summed E-state index contributed by atoms with van der Waals surface area (Å²) in [6, 6.07) is 8.23. The Kier molecular flexibility index (Phi) is 2.85. The first-order valence-corrected chi connectivity index (χ1v) is 6.84. The van der Waals surface area contributed by atoms with E-state index in [1.54, 1.807) is 11.3 Å². The number of fused-ring (bicyclic) bond motifs is 1. The molecule has 0 N–H and O–H groups in total. The van der Waals surface area contributed by atoms with Crippen LogP contribution >= 0.6 is 11.3 Å². The van der Waals surface area contributed by atoms with Gasteiger partial charge in [-0.2, -0.15) is 0 Å². The van der Waals surface area contributed by atoms with E-state index in [1.807, 2.05) is 12.1 Å². The standard InChI is InChI=1S/C14H14O2S/c15-14(10-4-3-5-10)16-8-11-9-17-13-7-2-1-6-12(11)13/h1-2,6-7,9-10H,3-5,8H2. The van der Waals surface area contributed by atoms with Gasteiger partial charge in [-0.1, -0.05) is 24.6 Å². The van der Waals surface area contributed by atoms with Gasteiger partial charge in [-0.05, 0) is 29.7 Å². The maximum Gasteiger partial charge on any atom is 0.309 e. The lowest BCUT2D eigenvalue weighted by molar-refractivity contribution is -0.152. The zero-order chi connectivity index (χ0) is 11.7. The lowest BCUT2D eigenvalue weighted by Crippen LogP contribution is -2.23. The Labute approximate surface area is 104 Å². The molecule has 17 heavy (non-hydrogen) atoms. The number of thiophene rings is 1. The topological polar surface area (TPSA) is 26.3 Å². The van der Waals surface area contributed by atoms with E-state index < -0.39 is 0 Å². The van der Waals surface area contributed by atoms with Gasteiger partial charge in [-0.3, -0.25) is 4.79 Å². The molecule has 2 aromatic rings. The summed E-state index contributed by atoms with van der Waals surface area (Å²) in [5, 5.41) is 3.29. The second kappa shape index (κ2) is 4.49. The molecule has 0 aliphatic heterocycles. The molecule has 0 atom stereocenters. The molecule has 1 fully saturated rings. The van der Waals surface area contributed by atoms with Crippen molar-refractivity contribution < 1.29 is 9.53 Å². The minimum Gasteiger partial charge on any atom is -0.461 e. The summed E-state index contributed by atoms with van der Waals surface area (Å²) in [6.07, 6.45) is 3.17. The monoisotopic (exact) mass is 246 g/mol. The first-order chi connectivity index (χ1) is 8.34. The molecular formula is C14H14O2S. The fourth-order valence-corrected chi connectivity index (χ4v) is 3.00. The Hall–Kier alpha value is -1.35. The van der Waals surface area contributed by atoms with Gasteiger partial charge in [0.25, 0.3) is 0 Å². The average molecular weight is 246 g/mol. The molecule has 88 valence electrons. The van der Waals surface area contributed by atoms with Crippen LogP contribution in [0.4, 0.5) is 0 Å². The summed E-state index contributed by atoms with van der Waals surface area (Å²) in [7, 11) is 0. The van der Waals surface area contributed by atoms with Crippen LogP contribution in [0.25, 0.3) is 10.1 Å². The molecule has 1 heterocycles. The molecule has 3 heteroatoms. The molecule has 0 bridgehead atoms. The van der Waals surface area contributed by atoms with Crippen molar-refractivity contribution in [3.8, 4) is 0 Å². The highest BCUT2D eigenvalue weighted by Crippen LogP contribution is 2.29. The first-order valence-electron chi connectivity index (χ1n) is 5.96. The quantitative estimate of drug-likeness (QED) is 0.771. The van der Waals surface area contributed by atoms with Gasteiger partial charge in [0.1, 0.15) is 6.61 Å². The van der Waals surface area contributed by atoms with Gasteiger partial charge < -0.3 is 4.74 Å². The van der Waals surface area contributed by atoms with Gasteiger partial charge >= 0.3 is 5.97 Å². The van der Waals surface area contributed by atoms with E-state index in [0.717, 1.165) is 18.4 Å². The number of carbonyl (C=O) groups is 1. The van der Waals surface area contributed by atoms with Gasteiger partial charge in [0.15, 0.2) is 0 Å². The number of hydrogen-bond acceptors (Lipinski definition) is 3. The number of hydrogen-bond donors (Lipinski definition) is 0. The third kappa shape index (κ3) is 2.07. The summed E-state index contributed by atoms with van der Waals surface area (Å²) in [6.45, 7) is 0.416. The van der Waals surface area contributed by atoms with Crippen molar-refractivity contribution in [1.82, 2.24) is 0 Å². The second-order valence-corrected chi connectivity index (χ2v) is 5.40. The van der Waals surface area contributed by atoms with Crippen LogP contribution in [0, 0.1) is 5.92 Å². The predicted octanol–water partition coefficient (Wildman–Crippen LogP) is 3.74. The van der Waals surface area contributed by atoms with E-state index in [0.29, 0.717) is 6.61 Å². The zero-order valence-electron chi connectivity index (χ0n) is 9.52. The molecule has 1 aromatic heterocycles. The van der Waals surface area contributed by atoms with E-state index in [1.165, 1.54) is 16.5 Å². The van der Waals surface area contributed by atoms with Crippen molar-refractivity contribution in [2.75, 3.05) is 0 Å². The summed E-state index contributed by atoms with van der Waals surface area (Å²) >= 11 is 1.70. The van der Waals surface area contributed by atoms with Crippen molar-refractivity contribution in [3.05, 3.63) is 35.2 Å². The van der Waals surface area contributed by atoms with E-state index in [4.69, 9.17) is 4.74 Å². The Balaban J connectivity index is 1.70. The Morgan fingerprint density at radius 1 is 1.35 bits per heavy atom. The highest BCUT2D eigenvalue weighted by atomic mass is 32.1. The maximum absolute atomic E-state index is 11.6. The SMILES string of the molecule is O=C(OCc1csc2ccccc12)C1CCC1. The summed E-state index contributed by atoms with van der Waals surface area (Å²) < 4.78 is 6.62. The predicted molar refractivity (Wildman–Crippen MR) is 69.0 cm³/mol. The van der Waals surface area contributed by atoms with E-state index in [9.17, 15) is 4.79 Å². The second-order valence-electron chi connectivity index (χ2n) is 4.49. The third-order valence-electron chi connectivity index (χ3n) is 3.37.